The first-order chi connectivity index (χ1) is 7.26. The van der Waals surface area contributed by atoms with Gasteiger partial charge in [-0.05, 0) is 0 Å². The summed E-state index contributed by atoms with van der Waals surface area (Å²) in [5, 5.41) is 36.5. The van der Waals surface area contributed by atoms with E-state index in [0.29, 0.717) is 0 Å². The topological polar surface area (TPSA) is 163 Å². The zero-order chi connectivity index (χ0) is 12.5. The first-order valence-corrected chi connectivity index (χ1v) is 5.73. The molecule has 1 saturated heterocycles. The normalized spacial score (nSPS) is 36.4. The van der Waals surface area contributed by atoms with Crippen LogP contribution in [-0.4, -0.2) is 57.7 Å². The Kier molecular flexibility index (Phi) is 11.1. The summed E-state index contributed by atoms with van der Waals surface area (Å²) >= 11 is 0. The third-order valence-electron chi connectivity index (χ3n) is 2.08. The Morgan fingerprint density at radius 2 is 1.61 bits per heavy atom. The molecular weight excluding hydrogens is 293 g/mol. The minimum absolute atomic E-state index is 0. The fourth-order valence-electron chi connectivity index (χ4n) is 1.28. The van der Waals surface area contributed by atoms with Gasteiger partial charge in [-0.2, -0.15) is 0 Å². The molecule has 1 aliphatic rings. The molecule has 0 spiro atoms. The van der Waals surface area contributed by atoms with Crippen LogP contribution in [0.25, 0.3) is 0 Å². The van der Waals surface area contributed by atoms with Gasteiger partial charge in [-0.15, -0.1) is 0 Å². The zero-order valence-corrected chi connectivity index (χ0v) is 14.8. The number of hydrogen-bond acceptors (Lipinski definition) is 9. The maximum atomic E-state index is 10.3. The van der Waals surface area contributed by atoms with Crippen molar-refractivity contribution in [3.05, 3.63) is 0 Å². The van der Waals surface area contributed by atoms with Crippen LogP contribution in [0.15, 0.2) is 0 Å². The molecule has 1 heterocycles. The molecule has 1 rings (SSSR count). The predicted molar refractivity (Wildman–Crippen MR) is 42.5 cm³/mol. The van der Waals surface area contributed by atoms with E-state index >= 15 is 0 Å². The molecule has 0 aromatic heterocycles. The number of hydrogen-bond donors (Lipinski definition) is 4. The molecule has 0 aromatic rings. The van der Waals surface area contributed by atoms with Gasteiger partial charge in [0.25, 0.3) is 0 Å². The van der Waals surface area contributed by atoms with Gasteiger partial charge in [0.1, 0.15) is 24.4 Å². The molecule has 0 bridgehead atoms. The van der Waals surface area contributed by atoms with Crippen LogP contribution in [0, 0.1) is 0 Å². The van der Waals surface area contributed by atoms with Crippen LogP contribution in [0.3, 0.4) is 0 Å². The van der Waals surface area contributed by atoms with Crippen LogP contribution in [0.2, 0.25) is 0 Å². The SMILES string of the molecule is O=P([O-])([O-])O[C@@H]1O[C@H](CO)[C@H](O)[C@@H](O)[C@H]1O.[Na+].[Na+]. The Hall–Kier alpha value is 1.91. The van der Waals surface area contributed by atoms with Crippen molar-refractivity contribution in [2.75, 3.05) is 6.61 Å². The number of ether oxygens (including phenoxy) is 1. The Labute approximate surface area is 147 Å². The first kappa shape index (κ1) is 22.2. The number of aliphatic hydroxyl groups is 4. The van der Waals surface area contributed by atoms with Crippen molar-refractivity contribution < 1.29 is 103 Å². The summed E-state index contributed by atoms with van der Waals surface area (Å²) in [6.07, 6.45) is -8.61. The van der Waals surface area contributed by atoms with E-state index < -0.39 is 45.1 Å². The van der Waals surface area contributed by atoms with Gasteiger partial charge in [0.15, 0.2) is 6.29 Å². The number of rotatable bonds is 3. The Bertz CT molecular complexity index is 284. The van der Waals surface area contributed by atoms with Gasteiger partial charge >= 0.3 is 59.1 Å². The maximum absolute atomic E-state index is 10.3. The zero-order valence-electron chi connectivity index (χ0n) is 9.87. The second-order valence-electron chi connectivity index (χ2n) is 3.25. The third kappa shape index (κ3) is 6.13. The second-order valence-corrected chi connectivity index (χ2v) is 4.36. The summed E-state index contributed by atoms with van der Waals surface area (Å²) in [5.41, 5.74) is 0. The third-order valence-corrected chi connectivity index (χ3v) is 2.55. The fourth-order valence-corrected chi connectivity index (χ4v) is 1.71. The van der Waals surface area contributed by atoms with E-state index in [1.807, 2.05) is 0 Å². The molecule has 9 nitrogen and oxygen atoms in total. The molecule has 96 valence electrons. The van der Waals surface area contributed by atoms with Crippen LogP contribution < -0.4 is 68.9 Å². The summed E-state index contributed by atoms with van der Waals surface area (Å²) in [5.74, 6) is 0. The molecule has 18 heavy (non-hydrogen) atoms. The van der Waals surface area contributed by atoms with Gasteiger partial charge in [-0.1, -0.05) is 0 Å². The van der Waals surface area contributed by atoms with Crippen LogP contribution >= 0.6 is 7.82 Å². The van der Waals surface area contributed by atoms with Gasteiger partial charge in [-0.25, -0.2) is 0 Å². The molecule has 0 unspecified atom stereocenters. The van der Waals surface area contributed by atoms with Gasteiger partial charge in [0, 0.05) is 0 Å². The smallest absolute Gasteiger partial charge is 0.790 e. The van der Waals surface area contributed by atoms with Crippen LogP contribution in [0.5, 0.6) is 0 Å². The van der Waals surface area contributed by atoms with E-state index in [0.717, 1.165) is 0 Å². The summed E-state index contributed by atoms with van der Waals surface area (Å²) in [7, 11) is -5.41. The van der Waals surface area contributed by atoms with Crippen molar-refractivity contribution in [2.24, 2.45) is 0 Å². The summed E-state index contributed by atoms with van der Waals surface area (Å²) < 4.78 is 18.7. The predicted octanol–water partition coefficient (Wildman–Crippen LogP) is -10.4. The fraction of sp³-hybridized carbons (Fsp3) is 1.00. The molecule has 0 aromatic carbocycles. The molecule has 0 radical (unpaired) electrons. The molecule has 4 N–H and O–H groups in total. The second kappa shape index (κ2) is 9.04. The number of phosphoric acid groups is 1. The van der Waals surface area contributed by atoms with Gasteiger partial charge in [-0.3, -0.25) is 0 Å². The Balaban J connectivity index is 0. The molecular formula is C6H11Na2O9P. The largest absolute Gasteiger partial charge is 1.00 e. The summed E-state index contributed by atoms with van der Waals surface area (Å²) in [6, 6.07) is 0. The van der Waals surface area contributed by atoms with E-state index in [9.17, 15) is 29.7 Å². The van der Waals surface area contributed by atoms with Crippen molar-refractivity contribution in [3.63, 3.8) is 0 Å². The van der Waals surface area contributed by atoms with Crippen molar-refractivity contribution in [2.45, 2.75) is 30.7 Å². The molecule has 0 saturated carbocycles. The molecule has 1 fully saturated rings. The van der Waals surface area contributed by atoms with Gasteiger partial charge < -0.3 is 44.0 Å². The first-order valence-electron chi connectivity index (χ1n) is 4.27. The van der Waals surface area contributed by atoms with Gasteiger partial charge in [0.2, 0.25) is 0 Å². The monoisotopic (exact) mass is 304 g/mol. The minimum Gasteiger partial charge on any atom is -0.790 e. The van der Waals surface area contributed by atoms with Crippen LogP contribution in [0.4, 0.5) is 0 Å². The van der Waals surface area contributed by atoms with E-state index in [1.54, 1.807) is 0 Å². The quantitative estimate of drug-likeness (QED) is 0.293. The number of phosphoric ester groups is 1. The van der Waals surface area contributed by atoms with Crippen molar-refractivity contribution in [3.8, 4) is 0 Å². The van der Waals surface area contributed by atoms with Gasteiger partial charge in [0.05, 0.1) is 14.4 Å². The average Bonchev–Trinajstić information content (AvgIpc) is 2.17. The van der Waals surface area contributed by atoms with E-state index in [-0.39, 0.29) is 59.1 Å². The molecule has 0 aliphatic carbocycles. The van der Waals surface area contributed by atoms with Crippen molar-refractivity contribution >= 4 is 7.82 Å². The molecule has 1 aliphatic heterocycles. The molecule has 0 amide bonds. The maximum Gasteiger partial charge on any atom is 1.00 e. The van der Waals surface area contributed by atoms with E-state index in [2.05, 4.69) is 9.26 Å². The summed E-state index contributed by atoms with van der Waals surface area (Å²) in [4.78, 5) is 20.6. The van der Waals surface area contributed by atoms with Crippen molar-refractivity contribution in [1.29, 1.82) is 0 Å². The minimum atomic E-state index is -5.41. The standard InChI is InChI=1S/C6H13O9P.2Na/c7-1-2-3(8)4(9)5(10)6(14-2)15-16(11,12)13;;/h2-10H,1H2,(H2,11,12,13);;/q;2*+1/p-2/t2-,3+,4-,5-,6+;;/m1../s1. The number of aliphatic hydroxyl groups excluding tert-OH is 4. The van der Waals surface area contributed by atoms with Crippen LogP contribution in [0.1, 0.15) is 0 Å². The Morgan fingerprint density at radius 3 is 2.00 bits per heavy atom. The van der Waals surface area contributed by atoms with E-state index in [4.69, 9.17) is 5.11 Å². The van der Waals surface area contributed by atoms with Crippen molar-refractivity contribution in [1.82, 2.24) is 0 Å². The summed E-state index contributed by atoms with van der Waals surface area (Å²) in [6.45, 7) is -0.743. The molecule has 12 heteroatoms. The van der Waals surface area contributed by atoms with E-state index in [1.165, 1.54) is 0 Å². The molecule has 5 atom stereocenters. The Morgan fingerprint density at radius 1 is 1.11 bits per heavy atom. The average molecular weight is 304 g/mol. The van der Waals surface area contributed by atoms with Crippen LogP contribution in [-0.2, 0) is 13.8 Å².